The van der Waals surface area contributed by atoms with E-state index in [9.17, 15) is 9.18 Å². The molecule has 0 aromatic heterocycles. The molecule has 0 radical (unpaired) electrons. The third-order valence-electron chi connectivity index (χ3n) is 2.90. The number of carbonyl (C=O) groups excluding carboxylic acids is 1. The van der Waals surface area contributed by atoms with Crippen molar-refractivity contribution in [1.82, 2.24) is 10.2 Å². The summed E-state index contributed by atoms with van der Waals surface area (Å²) in [6.07, 6.45) is 0. The van der Waals surface area contributed by atoms with Crippen molar-refractivity contribution < 1.29 is 9.18 Å². The first-order valence-electron chi connectivity index (χ1n) is 5.88. The molecule has 0 aliphatic rings. The summed E-state index contributed by atoms with van der Waals surface area (Å²) in [4.78, 5) is 13.2. The van der Waals surface area contributed by atoms with Crippen LogP contribution in [-0.2, 0) is 4.79 Å². The molecule has 18 heavy (non-hydrogen) atoms. The molecular weight excluding hydrogens is 255 g/mol. The van der Waals surface area contributed by atoms with Crippen molar-refractivity contribution in [1.29, 1.82) is 0 Å². The molecule has 1 aromatic carbocycles. The minimum atomic E-state index is -0.436. The molecule has 0 saturated heterocycles. The first-order chi connectivity index (χ1) is 8.45. The topological polar surface area (TPSA) is 32.3 Å². The summed E-state index contributed by atoms with van der Waals surface area (Å²) in [6, 6.07) is 4.50. The highest BCUT2D eigenvalue weighted by atomic mass is 35.5. The van der Waals surface area contributed by atoms with Crippen LogP contribution in [0.4, 0.5) is 4.39 Å². The molecule has 0 aliphatic heterocycles. The van der Waals surface area contributed by atoms with E-state index >= 15 is 0 Å². The lowest BCUT2D eigenvalue weighted by Crippen LogP contribution is -2.36. The molecule has 1 N–H and O–H groups in total. The summed E-state index contributed by atoms with van der Waals surface area (Å²) in [5, 5.41) is 3.18. The van der Waals surface area contributed by atoms with E-state index in [4.69, 9.17) is 11.6 Å². The Balaban J connectivity index is 2.57. The SMILES string of the molecule is CCN(C)C(=O)CNC(C)c1ccc(F)c(Cl)c1. The van der Waals surface area contributed by atoms with Crippen LogP contribution >= 0.6 is 11.6 Å². The maximum atomic E-state index is 13.0. The van der Waals surface area contributed by atoms with Crippen molar-refractivity contribution in [3.8, 4) is 0 Å². The Morgan fingerprint density at radius 2 is 2.22 bits per heavy atom. The van der Waals surface area contributed by atoms with Crippen LogP contribution in [-0.4, -0.2) is 30.9 Å². The van der Waals surface area contributed by atoms with Gasteiger partial charge < -0.3 is 10.2 Å². The van der Waals surface area contributed by atoms with Gasteiger partial charge in [-0.2, -0.15) is 0 Å². The van der Waals surface area contributed by atoms with E-state index in [0.717, 1.165) is 5.56 Å². The maximum absolute atomic E-state index is 13.0. The fourth-order valence-corrected chi connectivity index (χ4v) is 1.64. The number of hydrogen-bond donors (Lipinski definition) is 1. The second-order valence-corrected chi connectivity index (χ2v) is 4.59. The van der Waals surface area contributed by atoms with Crippen LogP contribution < -0.4 is 5.32 Å². The van der Waals surface area contributed by atoms with Crippen molar-refractivity contribution in [2.45, 2.75) is 19.9 Å². The Hall–Kier alpha value is -1.13. The minimum absolute atomic E-state index is 0.0255. The van der Waals surface area contributed by atoms with Gasteiger partial charge >= 0.3 is 0 Å². The van der Waals surface area contributed by atoms with Crippen molar-refractivity contribution in [2.75, 3.05) is 20.1 Å². The predicted octanol–water partition coefficient (Wildman–Crippen LogP) is 2.61. The zero-order chi connectivity index (χ0) is 13.7. The van der Waals surface area contributed by atoms with Gasteiger partial charge in [-0.15, -0.1) is 0 Å². The highest BCUT2D eigenvalue weighted by Crippen LogP contribution is 2.20. The average molecular weight is 273 g/mol. The number of benzene rings is 1. The first kappa shape index (κ1) is 14.9. The van der Waals surface area contributed by atoms with Gasteiger partial charge in [0.1, 0.15) is 5.82 Å². The molecule has 1 amide bonds. The van der Waals surface area contributed by atoms with E-state index in [1.165, 1.54) is 6.07 Å². The maximum Gasteiger partial charge on any atom is 0.236 e. The van der Waals surface area contributed by atoms with Gasteiger partial charge in [-0.25, -0.2) is 4.39 Å². The van der Waals surface area contributed by atoms with Gasteiger partial charge in [-0.3, -0.25) is 4.79 Å². The van der Waals surface area contributed by atoms with Gasteiger partial charge in [0.2, 0.25) is 5.91 Å². The predicted molar refractivity (Wildman–Crippen MR) is 71.1 cm³/mol. The quantitative estimate of drug-likeness (QED) is 0.894. The largest absolute Gasteiger partial charge is 0.345 e. The van der Waals surface area contributed by atoms with Crippen LogP contribution in [0.5, 0.6) is 0 Å². The molecule has 0 aliphatic carbocycles. The van der Waals surface area contributed by atoms with E-state index in [0.29, 0.717) is 6.54 Å². The summed E-state index contributed by atoms with van der Waals surface area (Å²) in [5.41, 5.74) is 0.855. The van der Waals surface area contributed by atoms with Crippen LogP contribution in [0.1, 0.15) is 25.5 Å². The molecule has 100 valence electrons. The molecular formula is C13H18ClFN2O. The van der Waals surface area contributed by atoms with Crippen molar-refractivity contribution in [2.24, 2.45) is 0 Å². The third kappa shape index (κ3) is 3.96. The fourth-order valence-electron chi connectivity index (χ4n) is 1.45. The summed E-state index contributed by atoms with van der Waals surface area (Å²) in [5.74, 6) is -0.410. The van der Waals surface area contributed by atoms with Crippen LogP contribution in [0.15, 0.2) is 18.2 Å². The molecule has 1 unspecified atom stereocenters. The normalized spacial score (nSPS) is 12.3. The number of nitrogens with one attached hydrogen (secondary N) is 1. The van der Waals surface area contributed by atoms with E-state index in [2.05, 4.69) is 5.32 Å². The Labute approximate surface area is 112 Å². The van der Waals surface area contributed by atoms with Gasteiger partial charge in [-0.1, -0.05) is 17.7 Å². The lowest BCUT2D eigenvalue weighted by Gasteiger charge is -2.18. The number of amides is 1. The van der Waals surface area contributed by atoms with Crippen LogP contribution in [0.25, 0.3) is 0 Å². The Morgan fingerprint density at radius 1 is 1.56 bits per heavy atom. The number of rotatable bonds is 5. The Kier molecular flexibility index (Phi) is 5.56. The highest BCUT2D eigenvalue weighted by molar-refractivity contribution is 6.30. The second-order valence-electron chi connectivity index (χ2n) is 4.18. The van der Waals surface area contributed by atoms with Crippen molar-refractivity contribution in [3.63, 3.8) is 0 Å². The molecule has 0 heterocycles. The smallest absolute Gasteiger partial charge is 0.236 e. The second kappa shape index (κ2) is 6.71. The van der Waals surface area contributed by atoms with E-state index < -0.39 is 5.82 Å². The highest BCUT2D eigenvalue weighted by Gasteiger charge is 2.11. The van der Waals surface area contributed by atoms with E-state index in [1.54, 1.807) is 24.1 Å². The van der Waals surface area contributed by atoms with Crippen LogP contribution in [0, 0.1) is 5.82 Å². The monoisotopic (exact) mass is 272 g/mol. The molecule has 1 rings (SSSR count). The molecule has 0 fully saturated rings. The molecule has 0 bridgehead atoms. The lowest BCUT2D eigenvalue weighted by atomic mass is 10.1. The molecule has 1 aromatic rings. The first-order valence-corrected chi connectivity index (χ1v) is 6.25. The summed E-state index contributed by atoms with van der Waals surface area (Å²) in [6.45, 7) is 4.75. The van der Waals surface area contributed by atoms with Gasteiger partial charge in [0.25, 0.3) is 0 Å². The van der Waals surface area contributed by atoms with Gasteiger partial charge in [0.15, 0.2) is 0 Å². The summed E-state index contributed by atoms with van der Waals surface area (Å²) >= 11 is 5.72. The number of halogens is 2. The standard InChI is InChI=1S/C13H18ClFN2O/c1-4-17(3)13(18)8-16-9(2)10-5-6-12(15)11(14)7-10/h5-7,9,16H,4,8H2,1-3H3. The number of carbonyl (C=O) groups is 1. The van der Waals surface area contributed by atoms with Crippen LogP contribution in [0.2, 0.25) is 5.02 Å². The third-order valence-corrected chi connectivity index (χ3v) is 3.19. The van der Waals surface area contributed by atoms with Gasteiger partial charge in [0, 0.05) is 19.6 Å². The molecule has 5 heteroatoms. The lowest BCUT2D eigenvalue weighted by molar-refractivity contribution is -0.128. The zero-order valence-electron chi connectivity index (χ0n) is 10.8. The van der Waals surface area contributed by atoms with Crippen LogP contribution in [0.3, 0.4) is 0 Å². The number of likely N-dealkylation sites (N-methyl/N-ethyl adjacent to an activating group) is 1. The molecule has 1 atom stereocenters. The zero-order valence-corrected chi connectivity index (χ0v) is 11.6. The summed E-state index contributed by atoms with van der Waals surface area (Å²) in [7, 11) is 1.75. The molecule has 3 nitrogen and oxygen atoms in total. The number of nitrogens with zero attached hydrogens (tertiary/aromatic N) is 1. The number of hydrogen-bond acceptors (Lipinski definition) is 2. The molecule has 0 saturated carbocycles. The van der Waals surface area contributed by atoms with E-state index in [1.807, 2.05) is 13.8 Å². The van der Waals surface area contributed by atoms with Gasteiger partial charge in [-0.05, 0) is 31.5 Å². The Morgan fingerprint density at radius 3 is 2.78 bits per heavy atom. The van der Waals surface area contributed by atoms with E-state index in [-0.39, 0.29) is 23.5 Å². The summed E-state index contributed by atoms with van der Waals surface area (Å²) < 4.78 is 13.0. The van der Waals surface area contributed by atoms with Gasteiger partial charge in [0.05, 0.1) is 11.6 Å². The molecule has 0 spiro atoms. The minimum Gasteiger partial charge on any atom is -0.345 e. The van der Waals surface area contributed by atoms with Crippen molar-refractivity contribution in [3.05, 3.63) is 34.6 Å². The average Bonchev–Trinajstić information content (AvgIpc) is 2.37. The van der Waals surface area contributed by atoms with Crippen molar-refractivity contribution >= 4 is 17.5 Å². The Bertz CT molecular complexity index is 425. The fraction of sp³-hybridized carbons (Fsp3) is 0.462.